The number of carbonyl (C=O) groups is 2. The van der Waals surface area contributed by atoms with Crippen LogP contribution in [0.15, 0.2) is 24.3 Å². The minimum Gasteiger partial charge on any atom is -0.480 e. The van der Waals surface area contributed by atoms with Gasteiger partial charge in [-0.05, 0) is 18.4 Å². The minimum absolute atomic E-state index is 0.0714. The first-order chi connectivity index (χ1) is 9.32. The second-order valence-corrected chi connectivity index (χ2v) is 4.77. The van der Waals surface area contributed by atoms with Crippen molar-refractivity contribution >= 4 is 17.6 Å². The molecule has 1 amide bonds. The highest BCUT2D eigenvalue weighted by Crippen LogP contribution is 2.18. The molecule has 0 radical (unpaired) electrons. The van der Waals surface area contributed by atoms with E-state index in [2.05, 4.69) is 5.32 Å². The number of hydrogen-bond acceptors (Lipinski definition) is 4. The standard InChI is InChI=1S/C13H16N2O5/c1-8(2)7-10(13(17)18)14-12(16)9-5-3-4-6-11(9)15(19)20/h3-6,8,10H,7H2,1-2H3,(H,14,16)(H,17,18)/t10-/m1/s1. The largest absolute Gasteiger partial charge is 0.480 e. The molecule has 0 bridgehead atoms. The highest BCUT2D eigenvalue weighted by atomic mass is 16.6. The molecule has 7 heteroatoms. The first-order valence-corrected chi connectivity index (χ1v) is 6.10. The van der Waals surface area contributed by atoms with Crippen LogP contribution in [-0.4, -0.2) is 27.9 Å². The number of aliphatic carboxylic acids is 1. The highest BCUT2D eigenvalue weighted by Gasteiger charge is 2.25. The van der Waals surface area contributed by atoms with Gasteiger partial charge in [0.15, 0.2) is 0 Å². The zero-order valence-corrected chi connectivity index (χ0v) is 11.2. The summed E-state index contributed by atoms with van der Waals surface area (Å²) in [5.41, 5.74) is -0.494. The van der Waals surface area contributed by atoms with Crippen LogP contribution in [0.25, 0.3) is 0 Å². The van der Waals surface area contributed by atoms with Crippen LogP contribution in [0.5, 0.6) is 0 Å². The molecule has 0 heterocycles. The van der Waals surface area contributed by atoms with Gasteiger partial charge in [-0.2, -0.15) is 0 Å². The first kappa shape index (κ1) is 15.6. The van der Waals surface area contributed by atoms with Crippen LogP contribution in [0.2, 0.25) is 0 Å². The van der Waals surface area contributed by atoms with Crippen LogP contribution in [0, 0.1) is 16.0 Å². The maximum absolute atomic E-state index is 12.0. The number of para-hydroxylation sites is 1. The van der Waals surface area contributed by atoms with E-state index < -0.39 is 22.8 Å². The van der Waals surface area contributed by atoms with Crippen LogP contribution >= 0.6 is 0 Å². The number of rotatable bonds is 6. The van der Waals surface area contributed by atoms with Gasteiger partial charge in [0.25, 0.3) is 11.6 Å². The Morgan fingerprint density at radius 3 is 2.45 bits per heavy atom. The number of carboxylic acid groups (broad SMARTS) is 1. The van der Waals surface area contributed by atoms with E-state index in [1.165, 1.54) is 24.3 Å². The smallest absolute Gasteiger partial charge is 0.326 e. The summed E-state index contributed by atoms with van der Waals surface area (Å²) in [6, 6.07) is 4.36. The molecule has 108 valence electrons. The summed E-state index contributed by atoms with van der Waals surface area (Å²) in [7, 11) is 0. The average molecular weight is 280 g/mol. The summed E-state index contributed by atoms with van der Waals surface area (Å²) in [5, 5.41) is 22.2. The normalized spacial score (nSPS) is 11.9. The third-order valence-corrected chi connectivity index (χ3v) is 2.66. The molecule has 1 atom stereocenters. The van der Waals surface area contributed by atoms with Crippen molar-refractivity contribution in [2.45, 2.75) is 26.3 Å². The van der Waals surface area contributed by atoms with Crippen LogP contribution in [0.4, 0.5) is 5.69 Å². The molecule has 20 heavy (non-hydrogen) atoms. The number of nitro benzene ring substituents is 1. The SMILES string of the molecule is CC(C)C[C@@H](NC(=O)c1ccccc1[N+](=O)[O-])C(=O)O. The maximum atomic E-state index is 12.0. The lowest BCUT2D eigenvalue weighted by atomic mass is 10.0. The van der Waals surface area contributed by atoms with Crippen LogP contribution < -0.4 is 5.32 Å². The number of nitrogens with one attached hydrogen (secondary N) is 1. The summed E-state index contributed by atoms with van der Waals surface area (Å²) >= 11 is 0. The number of carboxylic acids is 1. The van der Waals surface area contributed by atoms with Crippen LogP contribution in [-0.2, 0) is 4.79 Å². The Kier molecular flexibility index (Phi) is 5.19. The predicted molar refractivity (Wildman–Crippen MR) is 71.4 cm³/mol. The van der Waals surface area contributed by atoms with Gasteiger partial charge in [-0.25, -0.2) is 4.79 Å². The van der Waals surface area contributed by atoms with Crippen molar-refractivity contribution < 1.29 is 19.6 Å². The first-order valence-electron chi connectivity index (χ1n) is 6.10. The molecule has 0 fully saturated rings. The van der Waals surface area contributed by atoms with Crippen molar-refractivity contribution in [3.8, 4) is 0 Å². The summed E-state index contributed by atoms with van der Waals surface area (Å²) in [5.74, 6) is -1.85. The van der Waals surface area contributed by atoms with Crippen molar-refractivity contribution in [2.75, 3.05) is 0 Å². The fourth-order valence-corrected chi connectivity index (χ4v) is 1.75. The Bertz CT molecular complexity index is 527. The molecule has 2 N–H and O–H groups in total. The van der Waals surface area contributed by atoms with Gasteiger partial charge in [0.05, 0.1) is 4.92 Å². The highest BCUT2D eigenvalue weighted by molar-refractivity contribution is 5.99. The Balaban J connectivity index is 2.95. The summed E-state index contributed by atoms with van der Waals surface area (Å²) in [6.07, 6.45) is 0.252. The molecule has 0 saturated heterocycles. The molecule has 0 aliphatic carbocycles. The van der Waals surface area contributed by atoms with Gasteiger partial charge in [0.1, 0.15) is 11.6 Å². The van der Waals surface area contributed by atoms with Gasteiger partial charge in [-0.3, -0.25) is 14.9 Å². The summed E-state index contributed by atoms with van der Waals surface area (Å²) in [4.78, 5) is 33.2. The van der Waals surface area contributed by atoms with Crippen molar-refractivity contribution in [3.05, 3.63) is 39.9 Å². The van der Waals surface area contributed by atoms with Gasteiger partial charge < -0.3 is 10.4 Å². The lowest BCUT2D eigenvalue weighted by molar-refractivity contribution is -0.385. The number of benzene rings is 1. The van der Waals surface area contributed by atoms with E-state index in [4.69, 9.17) is 5.11 Å². The van der Waals surface area contributed by atoms with Gasteiger partial charge in [-0.15, -0.1) is 0 Å². The molecule has 1 rings (SSSR count). The molecule has 0 aliphatic rings. The fraction of sp³-hybridized carbons (Fsp3) is 0.385. The van der Waals surface area contributed by atoms with Crippen molar-refractivity contribution in [1.82, 2.24) is 5.32 Å². The number of hydrogen-bond donors (Lipinski definition) is 2. The summed E-state index contributed by atoms with van der Waals surface area (Å²) < 4.78 is 0. The third-order valence-electron chi connectivity index (χ3n) is 2.66. The van der Waals surface area contributed by atoms with E-state index >= 15 is 0 Å². The van der Waals surface area contributed by atoms with Gasteiger partial charge in [0.2, 0.25) is 0 Å². The second kappa shape index (κ2) is 6.65. The van der Waals surface area contributed by atoms with E-state index in [0.717, 1.165) is 0 Å². The van der Waals surface area contributed by atoms with E-state index in [-0.39, 0.29) is 23.6 Å². The zero-order valence-electron chi connectivity index (χ0n) is 11.2. The molecule has 0 unspecified atom stereocenters. The Hall–Kier alpha value is -2.44. The molecular formula is C13H16N2O5. The molecule has 1 aromatic carbocycles. The topological polar surface area (TPSA) is 110 Å². The monoisotopic (exact) mass is 280 g/mol. The molecule has 0 spiro atoms. The van der Waals surface area contributed by atoms with Crippen LogP contribution in [0.3, 0.4) is 0 Å². The Morgan fingerprint density at radius 1 is 1.35 bits per heavy atom. The average Bonchev–Trinajstić information content (AvgIpc) is 2.37. The lowest BCUT2D eigenvalue weighted by Gasteiger charge is -2.16. The number of amides is 1. The third kappa shape index (κ3) is 4.04. The van der Waals surface area contributed by atoms with E-state index in [9.17, 15) is 19.7 Å². The molecule has 0 saturated carbocycles. The van der Waals surface area contributed by atoms with E-state index in [0.29, 0.717) is 0 Å². The fourth-order valence-electron chi connectivity index (χ4n) is 1.75. The lowest BCUT2D eigenvalue weighted by Crippen LogP contribution is -2.41. The van der Waals surface area contributed by atoms with Crippen LogP contribution in [0.1, 0.15) is 30.6 Å². The van der Waals surface area contributed by atoms with Gasteiger partial charge >= 0.3 is 5.97 Å². The molecule has 0 aliphatic heterocycles. The minimum atomic E-state index is -1.16. The maximum Gasteiger partial charge on any atom is 0.326 e. The molecule has 7 nitrogen and oxygen atoms in total. The number of nitro groups is 1. The van der Waals surface area contributed by atoms with Crippen molar-refractivity contribution in [1.29, 1.82) is 0 Å². The van der Waals surface area contributed by atoms with Gasteiger partial charge in [0, 0.05) is 6.07 Å². The quantitative estimate of drug-likeness (QED) is 0.610. The van der Waals surface area contributed by atoms with Crippen molar-refractivity contribution in [3.63, 3.8) is 0 Å². The van der Waals surface area contributed by atoms with Crippen molar-refractivity contribution in [2.24, 2.45) is 5.92 Å². The van der Waals surface area contributed by atoms with Gasteiger partial charge in [-0.1, -0.05) is 26.0 Å². The zero-order chi connectivity index (χ0) is 15.3. The number of carbonyl (C=O) groups excluding carboxylic acids is 1. The predicted octanol–water partition coefficient (Wildman–Crippen LogP) is 1.82. The van der Waals surface area contributed by atoms with E-state index in [1.54, 1.807) is 0 Å². The second-order valence-electron chi connectivity index (χ2n) is 4.77. The molecule has 0 aromatic heterocycles. The molecule has 1 aromatic rings. The number of nitrogens with zero attached hydrogens (tertiary/aromatic N) is 1. The summed E-state index contributed by atoms with van der Waals surface area (Å²) in [6.45, 7) is 3.65. The Labute approximate surface area is 115 Å². The Morgan fingerprint density at radius 2 is 1.95 bits per heavy atom. The molecular weight excluding hydrogens is 264 g/mol. The van der Waals surface area contributed by atoms with E-state index in [1.807, 2.05) is 13.8 Å².